The quantitative estimate of drug-likeness (QED) is 0.312. The van der Waals surface area contributed by atoms with Gasteiger partial charge < -0.3 is 17.5 Å². The van der Waals surface area contributed by atoms with Crippen molar-refractivity contribution in [2.75, 3.05) is 5.75 Å². The Labute approximate surface area is 82.7 Å². The molecule has 4 heteroatoms. The maximum Gasteiger partial charge on any atom is 1.00 e. The van der Waals surface area contributed by atoms with Crippen molar-refractivity contribution in [2.45, 2.75) is 19.4 Å². The summed E-state index contributed by atoms with van der Waals surface area (Å²) in [6.45, 7) is 1.95. The molecule has 2 nitrogen and oxygen atoms in total. The monoisotopic (exact) mass is 153 g/mol. The van der Waals surface area contributed by atoms with Crippen molar-refractivity contribution in [3.8, 4) is 0 Å². The fraction of sp³-hybridized carbons (Fsp3) is 0.800. The molecule has 1 heterocycles. The van der Waals surface area contributed by atoms with E-state index in [1.807, 2.05) is 6.92 Å². The second-order valence-electron chi connectivity index (χ2n) is 1.92. The van der Waals surface area contributed by atoms with Gasteiger partial charge in [0.2, 0.25) is 0 Å². The topological polar surface area (TPSA) is 21.6 Å². The minimum absolute atomic E-state index is 0. The first-order chi connectivity index (χ1) is 3.83. The second-order valence-corrected chi connectivity index (χ2v) is 2.26. The van der Waals surface area contributed by atoms with Crippen LogP contribution in [0.15, 0.2) is 5.16 Å². The van der Waals surface area contributed by atoms with Gasteiger partial charge in [0.05, 0.1) is 5.71 Å². The molecule has 1 aliphatic rings. The van der Waals surface area contributed by atoms with Gasteiger partial charge in [-0.05, 0) is 6.92 Å². The third-order valence-corrected chi connectivity index (χ3v) is 1.44. The smallest absolute Gasteiger partial charge is 0.789 e. The van der Waals surface area contributed by atoms with Crippen molar-refractivity contribution in [3.63, 3.8) is 0 Å². The average molecular weight is 153 g/mol. The fourth-order valence-electron chi connectivity index (χ4n) is 0.658. The predicted octanol–water partition coefficient (Wildman–Crippen LogP) is -2.30. The van der Waals surface area contributed by atoms with Gasteiger partial charge in [-0.15, -0.1) is 5.75 Å². The van der Waals surface area contributed by atoms with Gasteiger partial charge in [0.25, 0.3) is 0 Å². The Morgan fingerprint density at radius 2 is 2.56 bits per heavy atom. The summed E-state index contributed by atoms with van der Waals surface area (Å²) in [5.41, 5.74) is 1.06. The van der Waals surface area contributed by atoms with Gasteiger partial charge in [0, 0.05) is 6.42 Å². The van der Waals surface area contributed by atoms with Crippen LogP contribution in [0.25, 0.3) is 0 Å². The summed E-state index contributed by atoms with van der Waals surface area (Å²) in [5, 5.41) is 3.74. The minimum atomic E-state index is 0. The Kier molecular flexibility index (Phi) is 5.03. The molecule has 0 radical (unpaired) electrons. The number of rotatable bonds is 1. The molecule has 0 amide bonds. The molecular weight excluding hydrogens is 145 g/mol. The van der Waals surface area contributed by atoms with Gasteiger partial charge in [-0.2, -0.15) is 0 Å². The van der Waals surface area contributed by atoms with Crippen LogP contribution >= 0.6 is 0 Å². The summed E-state index contributed by atoms with van der Waals surface area (Å²) in [6.07, 6.45) is 1.11. The Hall–Kier alpha value is 0.820. The molecule has 1 rings (SSSR count). The molecule has 0 aliphatic carbocycles. The molecule has 1 atom stereocenters. The van der Waals surface area contributed by atoms with E-state index in [1.54, 1.807) is 0 Å². The second kappa shape index (κ2) is 4.61. The van der Waals surface area contributed by atoms with Crippen LogP contribution in [0, 0.1) is 0 Å². The SMILES string of the molecule is CC1=NOC(C[S-])C1.[Na+]. The molecule has 0 spiro atoms. The molecule has 0 bridgehead atoms. The Morgan fingerprint density at radius 1 is 1.89 bits per heavy atom. The Balaban J connectivity index is 0.000000640. The van der Waals surface area contributed by atoms with Gasteiger partial charge in [0.15, 0.2) is 0 Å². The largest absolute Gasteiger partial charge is 1.00 e. The number of oxime groups is 1. The normalized spacial score (nSPS) is 24.2. The van der Waals surface area contributed by atoms with Crippen LogP contribution in [-0.2, 0) is 17.5 Å². The summed E-state index contributed by atoms with van der Waals surface area (Å²) >= 11 is 4.77. The van der Waals surface area contributed by atoms with Gasteiger partial charge in [0.1, 0.15) is 6.10 Å². The molecule has 0 saturated heterocycles. The molecule has 46 valence electrons. The van der Waals surface area contributed by atoms with Crippen LogP contribution in [0.4, 0.5) is 0 Å². The Bertz CT molecular complexity index is 118. The molecule has 0 aromatic carbocycles. The predicted molar refractivity (Wildman–Crippen MR) is 34.8 cm³/mol. The van der Waals surface area contributed by atoms with Crippen molar-refractivity contribution in [3.05, 3.63) is 0 Å². The van der Waals surface area contributed by atoms with Gasteiger partial charge in [-0.25, -0.2) is 0 Å². The summed E-state index contributed by atoms with van der Waals surface area (Å²) in [6, 6.07) is 0. The van der Waals surface area contributed by atoms with Crippen molar-refractivity contribution >= 4 is 18.3 Å². The third-order valence-electron chi connectivity index (χ3n) is 1.07. The van der Waals surface area contributed by atoms with E-state index in [0.717, 1.165) is 12.1 Å². The van der Waals surface area contributed by atoms with E-state index >= 15 is 0 Å². The van der Waals surface area contributed by atoms with E-state index < -0.39 is 0 Å². The van der Waals surface area contributed by atoms with Crippen molar-refractivity contribution < 1.29 is 34.4 Å². The van der Waals surface area contributed by atoms with E-state index in [0.29, 0.717) is 5.75 Å². The van der Waals surface area contributed by atoms with Gasteiger partial charge >= 0.3 is 29.6 Å². The summed E-state index contributed by atoms with van der Waals surface area (Å²) < 4.78 is 0. The van der Waals surface area contributed by atoms with Crippen LogP contribution in [-0.4, -0.2) is 17.6 Å². The van der Waals surface area contributed by atoms with Crippen LogP contribution in [0.1, 0.15) is 13.3 Å². The van der Waals surface area contributed by atoms with E-state index in [-0.39, 0.29) is 35.7 Å². The summed E-state index contributed by atoms with van der Waals surface area (Å²) in [7, 11) is 0. The van der Waals surface area contributed by atoms with Gasteiger partial charge in [-0.3, -0.25) is 0 Å². The summed E-state index contributed by atoms with van der Waals surface area (Å²) in [4.78, 5) is 4.90. The maximum absolute atomic E-state index is 4.90. The molecule has 0 aromatic heterocycles. The zero-order chi connectivity index (χ0) is 5.98. The Morgan fingerprint density at radius 3 is 2.78 bits per heavy atom. The molecule has 0 N–H and O–H groups in total. The molecule has 1 aliphatic heterocycles. The van der Waals surface area contributed by atoms with E-state index in [2.05, 4.69) is 5.16 Å². The zero-order valence-corrected chi connectivity index (χ0v) is 8.57. The molecule has 0 saturated carbocycles. The fourth-order valence-corrected chi connectivity index (χ4v) is 0.837. The minimum Gasteiger partial charge on any atom is -0.789 e. The maximum atomic E-state index is 4.90. The zero-order valence-electron chi connectivity index (χ0n) is 5.76. The van der Waals surface area contributed by atoms with Gasteiger partial charge in [-0.1, -0.05) is 5.16 Å². The first-order valence-corrected chi connectivity index (χ1v) is 3.18. The molecule has 0 fully saturated rings. The van der Waals surface area contributed by atoms with Crippen molar-refractivity contribution in [1.82, 2.24) is 0 Å². The van der Waals surface area contributed by atoms with E-state index in [1.165, 1.54) is 0 Å². The van der Waals surface area contributed by atoms with Crippen LogP contribution in [0.5, 0.6) is 0 Å². The molecule has 1 unspecified atom stereocenters. The van der Waals surface area contributed by atoms with Crippen LogP contribution in [0.3, 0.4) is 0 Å². The number of hydrogen-bond donors (Lipinski definition) is 0. The molecule has 0 aromatic rings. The number of hydrogen-bond acceptors (Lipinski definition) is 3. The van der Waals surface area contributed by atoms with Crippen molar-refractivity contribution in [1.29, 1.82) is 0 Å². The van der Waals surface area contributed by atoms with E-state index in [9.17, 15) is 0 Å². The molecule has 9 heavy (non-hydrogen) atoms. The first kappa shape index (κ1) is 9.82. The van der Waals surface area contributed by atoms with Crippen LogP contribution < -0.4 is 29.6 Å². The summed E-state index contributed by atoms with van der Waals surface area (Å²) in [5.74, 6) is 0.654. The van der Waals surface area contributed by atoms with E-state index in [4.69, 9.17) is 17.5 Å². The molecular formula is C5H8NNaOS. The standard InChI is InChI=1S/C5H9NOS.Na/c1-4-2-5(3-8)7-6-4;/h5,8H,2-3H2,1H3;/q;+1/p-1. The first-order valence-electron chi connectivity index (χ1n) is 2.60. The number of nitrogens with zero attached hydrogens (tertiary/aromatic N) is 1. The van der Waals surface area contributed by atoms with Crippen LogP contribution in [0.2, 0.25) is 0 Å². The average Bonchev–Trinajstić information content (AvgIpc) is 2.14. The van der Waals surface area contributed by atoms with Crippen molar-refractivity contribution in [2.24, 2.45) is 5.16 Å². The third kappa shape index (κ3) is 2.94.